The smallest absolute Gasteiger partial charge is 0.188 e. The number of rotatable bonds is 7. The minimum Gasteiger partial charge on any atom is -0.376 e. The van der Waals surface area contributed by atoms with E-state index in [4.69, 9.17) is 15.2 Å². The van der Waals surface area contributed by atoms with Crippen LogP contribution in [0.4, 0.5) is 0 Å². The first-order valence-corrected chi connectivity index (χ1v) is 6.06. The molecule has 98 valence electrons. The summed E-state index contributed by atoms with van der Waals surface area (Å²) in [6.07, 6.45) is 2.45. The third kappa shape index (κ3) is 6.97. The molecule has 0 amide bonds. The highest BCUT2D eigenvalue weighted by atomic mass is 16.5. The summed E-state index contributed by atoms with van der Waals surface area (Å²) in [6.45, 7) is 9.04. The van der Waals surface area contributed by atoms with Crippen LogP contribution in [0.5, 0.6) is 0 Å². The third-order valence-corrected chi connectivity index (χ3v) is 2.39. The maximum Gasteiger partial charge on any atom is 0.188 e. The van der Waals surface area contributed by atoms with Crippen molar-refractivity contribution in [1.82, 2.24) is 5.32 Å². The summed E-state index contributed by atoms with van der Waals surface area (Å²) in [5.74, 6) is 0.458. The highest BCUT2D eigenvalue weighted by molar-refractivity contribution is 5.77. The van der Waals surface area contributed by atoms with Crippen LogP contribution in [0, 0.1) is 0 Å². The Morgan fingerprint density at radius 2 is 2.47 bits per heavy atom. The quantitative estimate of drug-likeness (QED) is 0.297. The molecule has 0 bridgehead atoms. The van der Waals surface area contributed by atoms with Gasteiger partial charge in [0.2, 0.25) is 0 Å². The number of hydrogen-bond donors (Lipinski definition) is 2. The van der Waals surface area contributed by atoms with Crippen molar-refractivity contribution in [3.05, 3.63) is 12.2 Å². The summed E-state index contributed by atoms with van der Waals surface area (Å²) >= 11 is 0. The lowest BCUT2D eigenvalue weighted by Gasteiger charge is -2.08. The van der Waals surface area contributed by atoms with E-state index < -0.39 is 0 Å². The summed E-state index contributed by atoms with van der Waals surface area (Å²) in [7, 11) is 0. The summed E-state index contributed by atoms with van der Waals surface area (Å²) in [5, 5.41) is 3.00. The number of guanidine groups is 1. The Morgan fingerprint density at radius 1 is 1.65 bits per heavy atom. The van der Waals surface area contributed by atoms with E-state index in [1.54, 1.807) is 0 Å². The van der Waals surface area contributed by atoms with Crippen LogP contribution in [-0.4, -0.2) is 45.0 Å². The highest BCUT2D eigenvalue weighted by Gasteiger charge is 2.14. The van der Waals surface area contributed by atoms with Crippen molar-refractivity contribution in [3.8, 4) is 0 Å². The van der Waals surface area contributed by atoms with Gasteiger partial charge in [0.25, 0.3) is 0 Å². The van der Waals surface area contributed by atoms with E-state index in [1.165, 1.54) is 0 Å². The molecular weight excluding hydrogens is 218 g/mol. The number of nitrogens with one attached hydrogen (secondary N) is 1. The van der Waals surface area contributed by atoms with Gasteiger partial charge in [-0.15, -0.1) is 0 Å². The van der Waals surface area contributed by atoms with Gasteiger partial charge in [0.1, 0.15) is 0 Å². The van der Waals surface area contributed by atoms with E-state index in [1.807, 2.05) is 6.92 Å². The predicted molar refractivity (Wildman–Crippen MR) is 69.1 cm³/mol. The average Bonchev–Trinajstić information content (AvgIpc) is 2.78. The van der Waals surface area contributed by atoms with Gasteiger partial charge in [0.05, 0.1) is 25.9 Å². The molecule has 1 aliphatic rings. The van der Waals surface area contributed by atoms with Crippen molar-refractivity contribution in [2.24, 2.45) is 10.7 Å². The number of nitrogens with zero attached hydrogens (tertiary/aromatic N) is 1. The largest absolute Gasteiger partial charge is 0.376 e. The third-order valence-electron chi connectivity index (χ3n) is 2.39. The fraction of sp³-hybridized carbons (Fsp3) is 0.750. The minimum atomic E-state index is 0.245. The van der Waals surface area contributed by atoms with Gasteiger partial charge in [-0.1, -0.05) is 12.2 Å². The Morgan fingerprint density at radius 3 is 3.12 bits per heavy atom. The molecule has 1 saturated heterocycles. The average molecular weight is 241 g/mol. The molecule has 1 aliphatic heterocycles. The molecule has 0 aromatic carbocycles. The molecule has 0 aromatic rings. The van der Waals surface area contributed by atoms with Gasteiger partial charge < -0.3 is 20.5 Å². The zero-order chi connectivity index (χ0) is 12.5. The van der Waals surface area contributed by atoms with Gasteiger partial charge >= 0.3 is 0 Å². The Kier molecular flexibility index (Phi) is 6.65. The fourth-order valence-electron chi connectivity index (χ4n) is 1.54. The van der Waals surface area contributed by atoms with Crippen molar-refractivity contribution in [2.45, 2.75) is 25.9 Å². The lowest BCUT2D eigenvalue weighted by atomic mass is 10.2. The highest BCUT2D eigenvalue weighted by Crippen LogP contribution is 2.11. The minimum absolute atomic E-state index is 0.245. The van der Waals surface area contributed by atoms with E-state index in [9.17, 15) is 0 Å². The van der Waals surface area contributed by atoms with Crippen LogP contribution < -0.4 is 11.1 Å². The standard InChI is InChI=1S/C12H23N3O2/c1-10(2)9-16-7-5-14-12(13)15-8-11-4-3-6-17-11/h11H,1,3-9H2,2H3,(H3,13,14,15). The van der Waals surface area contributed by atoms with E-state index >= 15 is 0 Å². The summed E-state index contributed by atoms with van der Waals surface area (Å²) in [6, 6.07) is 0. The Bertz CT molecular complexity index is 260. The van der Waals surface area contributed by atoms with Crippen molar-refractivity contribution >= 4 is 5.96 Å². The lowest BCUT2D eigenvalue weighted by molar-refractivity contribution is 0.117. The Labute approximate surface area is 103 Å². The maximum absolute atomic E-state index is 5.70. The van der Waals surface area contributed by atoms with E-state index in [2.05, 4.69) is 16.9 Å². The van der Waals surface area contributed by atoms with Crippen molar-refractivity contribution < 1.29 is 9.47 Å². The number of nitrogens with two attached hydrogens (primary N) is 1. The molecule has 1 heterocycles. The van der Waals surface area contributed by atoms with Crippen molar-refractivity contribution in [1.29, 1.82) is 0 Å². The molecule has 1 unspecified atom stereocenters. The topological polar surface area (TPSA) is 68.9 Å². The van der Waals surface area contributed by atoms with Crippen LogP contribution in [0.3, 0.4) is 0 Å². The summed E-state index contributed by atoms with van der Waals surface area (Å²) < 4.78 is 10.8. The Hall–Kier alpha value is -1.07. The maximum atomic E-state index is 5.70. The molecule has 1 fully saturated rings. The zero-order valence-corrected chi connectivity index (χ0v) is 10.6. The molecule has 0 radical (unpaired) electrons. The first-order valence-electron chi connectivity index (χ1n) is 6.06. The van der Waals surface area contributed by atoms with Crippen LogP contribution in [0.2, 0.25) is 0 Å². The first-order chi connectivity index (χ1) is 8.18. The van der Waals surface area contributed by atoms with Crippen molar-refractivity contribution in [2.75, 3.05) is 32.9 Å². The van der Waals surface area contributed by atoms with E-state index in [-0.39, 0.29) is 6.10 Å². The monoisotopic (exact) mass is 241 g/mol. The normalized spacial score (nSPS) is 20.5. The lowest BCUT2D eigenvalue weighted by Crippen LogP contribution is -2.35. The molecule has 0 saturated carbocycles. The van der Waals surface area contributed by atoms with Gasteiger partial charge in [-0.25, -0.2) is 0 Å². The molecule has 1 atom stereocenters. The summed E-state index contributed by atoms with van der Waals surface area (Å²) in [4.78, 5) is 4.22. The fourth-order valence-corrected chi connectivity index (χ4v) is 1.54. The second-order valence-corrected chi connectivity index (χ2v) is 4.30. The molecule has 0 aliphatic carbocycles. The van der Waals surface area contributed by atoms with Crippen LogP contribution in [0.25, 0.3) is 0 Å². The Balaban J connectivity index is 2.01. The molecule has 0 aromatic heterocycles. The number of hydrogen-bond acceptors (Lipinski definition) is 3. The molecular formula is C12H23N3O2. The van der Waals surface area contributed by atoms with Crippen LogP contribution >= 0.6 is 0 Å². The van der Waals surface area contributed by atoms with Crippen molar-refractivity contribution in [3.63, 3.8) is 0 Å². The van der Waals surface area contributed by atoms with Gasteiger partial charge in [-0.2, -0.15) is 0 Å². The van der Waals surface area contributed by atoms with E-state index in [0.29, 0.717) is 32.3 Å². The van der Waals surface area contributed by atoms with Gasteiger partial charge in [0.15, 0.2) is 5.96 Å². The molecule has 0 spiro atoms. The molecule has 17 heavy (non-hydrogen) atoms. The number of ether oxygens (including phenoxy) is 2. The SMILES string of the molecule is C=C(C)COCCNC(N)=NCC1CCCO1. The zero-order valence-electron chi connectivity index (χ0n) is 10.6. The molecule has 5 heteroatoms. The van der Waals surface area contributed by atoms with Crippen LogP contribution in [-0.2, 0) is 9.47 Å². The van der Waals surface area contributed by atoms with Crippen LogP contribution in [0.15, 0.2) is 17.1 Å². The van der Waals surface area contributed by atoms with Crippen LogP contribution in [0.1, 0.15) is 19.8 Å². The summed E-state index contributed by atoms with van der Waals surface area (Å²) in [5.41, 5.74) is 6.72. The number of aliphatic imine (C=N–C) groups is 1. The molecule has 3 N–H and O–H groups in total. The second kappa shape index (κ2) is 8.08. The first kappa shape index (κ1) is 14.0. The van der Waals surface area contributed by atoms with Gasteiger partial charge in [-0.3, -0.25) is 4.99 Å². The van der Waals surface area contributed by atoms with Gasteiger partial charge in [0, 0.05) is 13.2 Å². The van der Waals surface area contributed by atoms with Gasteiger partial charge in [-0.05, 0) is 19.8 Å². The predicted octanol–water partition coefficient (Wildman–Crippen LogP) is 0.662. The molecule has 1 rings (SSSR count). The van der Waals surface area contributed by atoms with E-state index in [0.717, 1.165) is 25.0 Å². The molecule has 5 nitrogen and oxygen atoms in total. The second-order valence-electron chi connectivity index (χ2n) is 4.30.